The van der Waals surface area contributed by atoms with E-state index in [0.717, 1.165) is 6.42 Å². The van der Waals surface area contributed by atoms with E-state index in [0.29, 0.717) is 13.0 Å². The minimum absolute atomic E-state index is 0.367. The number of nitrogens with zero attached hydrogens (tertiary/aromatic N) is 1. The molecule has 1 unspecified atom stereocenters. The summed E-state index contributed by atoms with van der Waals surface area (Å²) in [6.07, 6.45) is 6.46. The van der Waals surface area contributed by atoms with Crippen LogP contribution in [-0.2, 0) is 14.3 Å². The Bertz CT molecular complexity index is 335. The number of terminal acetylenes is 1. The molecule has 0 saturated carbocycles. The molecule has 4 heteroatoms. The van der Waals surface area contributed by atoms with E-state index in [1.54, 1.807) is 20.8 Å². The molecule has 1 rings (SSSR count). The van der Waals surface area contributed by atoms with Gasteiger partial charge in [0.1, 0.15) is 11.6 Å². The molecular weight excluding hydrogens is 206 g/mol. The first-order chi connectivity index (χ1) is 7.35. The van der Waals surface area contributed by atoms with Gasteiger partial charge < -0.3 is 9.64 Å². The summed E-state index contributed by atoms with van der Waals surface area (Å²) in [6, 6.07) is -0.511. The van der Waals surface area contributed by atoms with Crippen LogP contribution in [0.3, 0.4) is 0 Å². The van der Waals surface area contributed by atoms with Crippen LogP contribution in [0.4, 0.5) is 0 Å². The Labute approximate surface area is 95.9 Å². The Morgan fingerprint density at radius 1 is 1.44 bits per heavy atom. The average molecular weight is 223 g/mol. The van der Waals surface area contributed by atoms with Crippen LogP contribution in [0.2, 0.25) is 0 Å². The molecule has 0 aromatic heterocycles. The van der Waals surface area contributed by atoms with Gasteiger partial charge in [-0.15, -0.1) is 6.42 Å². The van der Waals surface area contributed by atoms with Crippen molar-refractivity contribution < 1.29 is 14.3 Å². The zero-order valence-corrected chi connectivity index (χ0v) is 9.95. The summed E-state index contributed by atoms with van der Waals surface area (Å²) >= 11 is 0. The zero-order valence-electron chi connectivity index (χ0n) is 9.95. The Balaban J connectivity index is 2.69. The second-order valence-corrected chi connectivity index (χ2v) is 4.83. The molecule has 1 amide bonds. The van der Waals surface area contributed by atoms with Crippen LogP contribution in [0.1, 0.15) is 33.6 Å². The van der Waals surface area contributed by atoms with Crippen LogP contribution in [0.15, 0.2) is 0 Å². The third-order valence-electron chi connectivity index (χ3n) is 2.32. The number of esters is 1. The minimum Gasteiger partial charge on any atom is -0.458 e. The van der Waals surface area contributed by atoms with E-state index in [9.17, 15) is 9.59 Å². The van der Waals surface area contributed by atoms with Crippen molar-refractivity contribution in [1.82, 2.24) is 4.90 Å². The van der Waals surface area contributed by atoms with Crippen molar-refractivity contribution in [2.45, 2.75) is 45.3 Å². The Kier molecular flexibility index (Phi) is 3.58. The van der Waals surface area contributed by atoms with Gasteiger partial charge in [0.05, 0.1) is 0 Å². The SMILES string of the molecule is C#CC(=O)N1CCCC1C(=O)OC(C)(C)C. The maximum Gasteiger partial charge on any atom is 0.329 e. The molecule has 0 bridgehead atoms. The molecule has 1 heterocycles. The van der Waals surface area contributed by atoms with E-state index in [4.69, 9.17) is 11.2 Å². The van der Waals surface area contributed by atoms with Crippen LogP contribution in [0.5, 0.6) is 0 Å². The van der Waals surface area contributed by atoms with Gasteiger partial charge in [-0.1, -0.05) is 0 Å². The summed E-state index contributed by atoms with van der Waals surface area (Å²) in [5.74, 6) is 1.23. The summed E-state index contributed by atoms with van der Waals surface area (Å²) < 4.78 is 5.25. The van der Waals surface area contributed by atoms with E-state index >= 15 is 0 Å². The van der Waals surface area contributed by atoms with Crippen LogP contribution < -0.4 is 0 Å². The van der Waals surface area contributed by atoms with Gasteiger partial charge in [-0.25, -0.2) is 4.79 Å². The summed E-state index contributed by atoms with van der Waals surface area (Å²) in [5.41, 5.74) is -0.537. The minimum atomic E-state index is -0.537. The summed E-state index contributed by atoms with van der Waals surface area (Å²) in [4.78, 5) is 24.6. The molecule has 88 valence electrons. The molecule has 0 spiro atoms. The molecule has 0 radical (unpaired) electrons. The van der Waals surface area contributed by atoms with Gasteiger partial charge in [0, 0.05) is 6.54 Å². The number of rotatable bonds is 1. The number of ether oxygens (including phenoxy) is 1. The standard InChI is InChI=1S/C12H17NO3/c1-5-10(14)13-8-6-7-9(13)11(15)16-12(2,3)4/h1,9H,6-8H2,2-4H3. The highest BCUT2D eigenvalue weighted by atomic mass is 16.6. The van der Waals surface area contributed by atoms with Crippen molar-refractivity contribution >= 4 is 11.9 Å². The van der Waals surface area contributed by atoms with Gasteiger partial charge in [-0.2, -0.15) is 0 Å². The van der Waals surface area contributed by atoms with Gasteiger partial charge in [-0.3, -0.25) is 4.79 Å². The van der Waals surface area contributed by atoms with E-state index in [-0.39, 0.29) is 5.97 Å². The van der Waals surface area contributed by atoms with Gasteiger partial charge in [0.2, 0.25) is 0 Å². The topological polar surface area (TPSA) is 46.6 Å². The fourth-order valence-electron chi connectivity index (χ4n) is 1.71. The van der Waals surface area contributed by atoms with Crippen LogP contribution in [0, 0.1) is 12.3 Å². The fourth-order valence-corrected chi connectivity index (χ4v) is 1.71. The smallest absolute Gasteiger partial charge is 0.329 e. The second-order valence-electron chi connectivity index (χ2n) is 4.83. The molecule has 0 aromatic carbocycles. The highest BCUT2D eigenvalue weighted by Crippen LogP contribution is 2.20. The maximum absolute atomic E-state index is 11.8. The van der Waals surface area contributed by atoms with Crippen molar-refractivity contribution in [3.63, 3.8) is 0 Å². The number of likely N-dealkylation sites (tertiary alicyclic amines) is 1. The first-order valence-corrected chi connectivity index (χ1v) is 5.35. The molecule has 1 aliphatic rings. The van der Waals surface area contributed by atoms with Crippen molar-refractivity contribution in [2.24, 2.45) is 0 Å². The van der Waals surface area contributed by atoms with Gasteiger partial charge in [-0.05, 0) is 39.5 Å². The van der Waals surface area contributed by atoms with Crippen molar-refractivity contribution in [2.75, 3.05) is 6.54 Å². The second kappa shape index (κ2) is 4.56. The Hall–Kier alpha value is -1.50. The first kappa shape index (κ1) is 12.6. The lowest BCUT2D eigenvalue weighted by atomic mass is 10.1. The summed E-state index contributed by atoms with van der Waals surface area (Å²) in [5, 5.41) is 0. The number of carbonyl (C=O) groups excluding carboxylic acids is 2. The molecule has 1 aliphatic heterocycles. The number of hydrogen-bond acceptors (Lipinski definition) is 3. The first-order valence-electron chi connectivity index (χ1n) is 5.35. The molecular formula is C12H17NO3. The summed E-state index contributed by atoms with van der Waals surface area (Å²) in [7, 11) is 0. The lowest BCUT2D eigenvalue weighted by Gasteiger charge is -2.26. The van der Waals surface area contributed by atoms with Gasteiger partial charge in [0.25, 0.3) is 5.91 Å². The fraction of sp³-hybridized carbons (Fsp3) is 0.667. The highest BCUT2D eigenvalue weighted by molar-refractivity contribution is 5.96. The average Bonchev–Trinajstić information content (AvgIpc) is 2.62. The van der Waals surface area contributed by atoms with E-state index < -0.39 is 17.6 Å². The molecule has 1 atom stereocenters. The van der Waals surface area contributed by atoms with Crippen LogP contribution >= 0.6 is 0 Å². The largest absolute Gasteiger partial charge is 0.458 e. The van der Waals surface area contributed by atoms with Gasteiger partial charge in [0.15, 0.2) is 0 Å². The number of amides is 1. The van der Waals surface area contributed by atoms with E-state index in [1.807, 2.05) is 5.92 Å². The lowest BCUT2D eigenvalue weighted by molar-refractivity contribution is -0.162. The van der Waals surface area contributed by atoms with Crippen LogP contribution in [-0.4, -0.2) is 35.0 Å². The van der Waals surface area contributed by atoms with E-state index in [2.05, 4.69) is 0 Å². The highest BCUT2D eigenvalue weighted by Gasteiger charge is 2.36. The number of carbonyl (C=O) groups is 2. The quantitative estimate of drug-likeness (QED) is 0.491. The third kappa shape index (κ3) is 2.99. The molecule has 0 aromatic rings. The Morgan fingerprint density at radius 3 is 2.56 bits per heavy atom. The molecule has 0 aliphatic carbocycles. The molecule has 1 fully saturated rings. The monoisotopic (exact) mass is 223 g/mol. The molecule has 4 nitrogen and oxygen atoms in total. The molecule has 1 saturated heterocycles. The lowest BCUT2D eigenvalue weighted by Crippen LogP contribution is -2.43. The van der Waals surface area contributed by atoms with Crippen molar-refractivity contribution in [3.05, 3.63) is 0 Å². The van der Waals surface area contributed by atoms with Crippen molar-refractivity contribution in [3.8, 4) is 12.3 Å². The third-order valence-corrected chi connectivity index (χ3v) is 2.32. The normalized spacial score (nSPS) is 20.4. The zero-order chi connectivity index (χ0) is 12.3. The van der Waals surface area contributed by atoms with E-state index in [1.165, 1.54) is 4.90 Å². The molecule has 0 N–H and O–H groups in total. The summed E-state index contributed by atoms with van der Waals surface area (Å²) in [6.45, 7) is 5.93. The Morgan fingerprint density at radius 2 is 2.06 bits per heavy atom. The maximum atomic E-state index is 11.8. The van der Waals surface area contributed by atoms with Gasteiger partial charge >= 0.3 is 5.97 Å². The van der Waals surface area contributed by atoms with Crippen molar-refractivity contribution in [1.29, 1.82) is 0 Å². The predicted octanol–water partition coefficient (Wildman–Crippen LogP) is 0.952. The number of hydrogen-bond donors (Lipinski definition) is 0. The predicted molar refractivity (Wildman–Crippen MR) is 59.4 cm³/mol. The van der Waals surface area contributed by atoms with Crippen LogP contribution in [0.25, 0.3) is 0 Å². The molecule has 16 heavy (non-hydrogen) atoms.